The number of carbonyl (C=O) groups excluding carboxylic acids is 2. The van der Waals surface area contributed by atoms with Gasteiger partial charge in [0.25, 0.3) is 0 Å². The van der Waals surface area contributed by atoms with Crippen LogP contribution in [0.3, 0.4) is 0 Å². The molecule has 2 aliphatic heterocycles. The van der Waals surface area contributed by atoms with Crippen LogP contribution in [0, 0.1) is 0 Å². The molecular weight excluding hydrogens is 472 g/mol. The van der Waals surface area contributed by atoms with Gasteiger partial charge in [0.2, 0.25) is 11.8 Å². The fourth-order valence-electron chi connectivity index (χ4n) is 4.52. The second kappa shape index (κ2) is 15.0. The summed E-state index contributed by atoms with van der Waals surface area (Å²) in [5.41, 5.74) is 4.59. The molecule has 1 unspecified atom stereocenters. The van der Waals surface area contributed by atoms with Crippen LogP contribution in [0.4, 0.5) is 0 Å². The number of aliphatic carboxylic acids is 2. The van der Waals surface area contributed by atoms with Crippen molar-refractivity contribution in [1.82, 2.24) is 36.8 Å². The van der Waals surface area contributed by atoms with Gasteiger partial charge in [0, 0.05) is 91.1 Å². The SMILES string of the molecule is NC[C@@]1(NC(=O)CCCC(=O)O)CNCCNC[C@@]2(NC(=O)CCCC(=O)O)CNCCN1CCN2. The van der Waals surface area contributed by atoms with E-state index in [9.17, 15) is 19.2 Å². The number of nitrogens with one attached hydrogen (secondary N) is 6. The Kier molecular flexibility index (Phi) is 12.5. The third kappa shape index (κ3) is 9.95. The molecule has 2 fully saturated rings. The first kappa shape index (κ1) is 29.9. The summed E-state index contributed by atoms with van der Waals surface area (Å²) < 4.78 is 0. The van der Waals surface area contributed by atoms with Gasteiger partial charge < -0.3 is 42.5 Å². The molecule has 2 heterocycles. The zero-order valence-corrected chi connectivity index (χ0v) is 20.9. The third-order valence-corrected chi connectivity index (χ3v) is 6.44. The van der Waals surface area contributed by atoms with Gasteiger partial charge in [-0.25, -0.2) is 0 Å². The predicted molar refractivity (Wildman–Crippen MR) is 132 cm³/mol. The zero-order chi connectivity index (χ0) is 26.4. The van der Waals surface area contributed by atoms with Crippen LogP contribution < -0.4 is 37.6 Å². The van der Waals surface area contributed by atoms with Crippen LogP contribution in [0.2, 0.25) is 0 Å². The minimum Gasteiger partial charge on any atom is -0.481 e. The van der Waals surface area contributed by atoms with Crippen LogP contribution in [0.1, 0.15) is 38.5 Å². The van der Waals surface area contributed by atoms with E-state index in [2.05, 4.69) is 36.8 Å². The predicted octanol–water partition coefficient (Wildman–Crippen LogP) is -3.23. The Morgan fingerprint density at radius 2 is 1.28 bits per heavy atom. The van der Waals surface area contributed by atoms with Gasteiger partial charge in [0.05, 0.1) is 0 Å². The van der Waals surface area contributed by atoms with Crippen molar-refractivity contribution in [3.05, 3.63) is 0 Å². The molecule has 3 atom stereocenters. The van der Waals surface area contributed by atoms with Crippen molar-refractivity contribution in [1.29, 1.82) is 0 Å². The largest absolute Gasteiger partial charge is 0.481 e. The molecule has 206 valence electrons. The van der Waals surface area contributed by atoms with Crippen molar-refractivity contribution >= 4 is 23.8 Å². The van der Waals surface area contributed by atoms with Crippen LogP contribution in [0.25, 0.3) is 0 Å². The van der Waals surface area contributed by atoms with Gasteiger partial charge in [-0.3, -0.25) is 29.4 Å². The summed E-state index contributed by atoms with van der Waals surface area (Å²) >= 11 is 0. The molecule has 0 aliphatic carbocycles. The van der Waals surface area contributed by atoms with Crippen LogP contribution >= 0.6 is 0 Å². The summed E-state index contributed by atoms with van der Waals surface area (Å²) in [7, 11) is 0. The van der Waals surface area contributed by atoms with Crippen molar-refractivity contribution in [2.45, 2.75) is 49.9 Å². The lowest BCUT2D eigenvalue weighted by Gasteiger charge is -2.44. The maximum atomic E-state index is 12.7. The summed E-state index contributed by atoms with van der Waals surface area (Å²) in [5.74, 6) is -2.34. The molecule has 14 nitrogen and oxygen atoms in total. The highest BCUT2D eigenvalue weighted by molar-refractivity contribution is 5.78. The van der Waals surface area contributed by atoms with Crippen molar-refractivity contribution in [2.75, 3.05) is 65.4 Å². The van der Waals surface area contributed by atoms with Crippen molar-refractivity contribution < 1.29 is 29.4 Å². The first-order valence-electron chi connectivity index (χ1n) is 12.6. The minimum absolute atomic E-state index is 0.0613. The normalized spacial score (nSPS) is 27.5. The first-order chi connectivity index (χ1) is 17.2. The molecule has 2 aliphatic rings. The molecule has 0 aromatic carbocycles. The van der Waals surface area contributed by atoms with E-state index in [0.717, 1.165) is 0 Å². The van der Waals surface area contributed by atoms with Gasteiger partial charge >= 0.3 is 11.9 Å². The topological polar surface area (TPSA) is 210 Å². The van der Waals surface area contributed by atoms with Gasteiger partial charge in [0.1, 0.15) is 11.3 Å². The molecule has 2 rings (SSSR count). The lowest BCUT2D eigenvalue weighted by Crippen LogP contribution is -2.71. The van der Waals surface area contributed by atoms with E-state index in [1.54, 1.807) is 0 Å². The number of carboxylic acid groups (broad SMARTS) is 2. The third-order valence-electron chi connectivity index (χ3n) is 6.44. The average Bonchev–Trinajstić information content (AvgIpc) is 2.91. The maximum Gasteiger partial charge on any atom is 0.303 e. The maximum absolute atomic E-state index is 12.7. The van der Waals surface area contributed by atoms with E-state index in [1.165, 1.54) is 0 Å². The summed E-state index contributed by atoms with van der Waals surface area (Å²) in [6.45, 7) is 4.89. The fraction of sp³-hybridized carbons (Fsp3) is 0.818. The number of nitrogens with two attached hydrogens (primary N) is 1. The zero-order valence-electron chi connectivity index (χ0n) is 20.9. The van der Waals surface area contributed by atoms with E-state index >= 15 is 0 Å². The van der Waals surface area contributed by atoms with E-state index < -0.39 is 23.3 Å². The summed E-state index contributed by atoms with van der Waals surface area (Å²) in [6, 6.07) is 0. The van der Waals surface area contributed by atoms with Gasteiger partial charge in [-0.2, -0.15) is 0 Å². The standard InChI is InChI=1S/C22H42N8O6/c23-13-22(29-18(32)4-2-6-20(35)36)16-25-8-7-24-14-21(28-17(31)3-1-5-19(33)34)15-26-9-11-30(22)12-10-27-21/h24-27H,1-16,23H2,(H,28,31)(H,29,32)(H,33,34)(H,35,36)/t21-,22+/m1/s1. The average molecular weight is 515 g/mol. The molecule has 10 N–H and O–H groups in total. The van der Waals surface area contributed by atoms with Crippen molar-refractivity contribution in [2.24, 2.45) is 5.73 Å². The highest BCUT2D eigenvalue weighted by atomic mass is 16.4. The van der Waals surface area contributed by atoms with Crippen LogP contribution in [0.5, 0.6) is 0 Å². The van der Waals surface area contributed by atoms with Crippen LogP contribution in [-0.2, 0) is 19.2 Å². The second-order valence-corrected chi connectivity index (χ2v) is 9.35. The summed E-state index contributed by atoms with van der Waals surface area (Å²) in [5, 5.41) is 37.4. The molecule has 2 amide bonds. The van der Waals surface area contributed by atoms with E-state index in [0.29, 0.717) is 58.9 Å². The Bertz CT molecular complexity index is 756. The molecule has 0 radical (unpaired) electrons. The molecular formula is C22H42N8O6. The van der Waals surface area contributed by atoms with E-state index in [4.69, 9.17) is 15.9 Å². The number of rotatable bonds is 11. The monoisotopic (exact) mass is 514 g/mol. The number of amides is 2. The highest BCUT2D eigenvalue weighted by Gasteiger charge is 2.39. The summed E-state index contributed by atoms with van der Waals surface area (Å²) in [4.78, 5) is 49.0. The fourth-order valence-corrected chi connectivity index (χ4v) is 4.52. The number of carboxylic acids is 2. The van der Waals surface area contributed by atoms with Gasteiger partial charge in [-0.05, 0) is 12.8 Å². The quantitative estimate of drug-likeness (QED) is 0.133. The number of nitrogens with zero attached hydrogens (tertiary/aromatic N) is 1. The smallest absolute Gasteiger partial charge is 0.303 e. The molecule has 0 aromatic heterocycles. The first-order valence-corrected chi connectivity index (χ1v) is 12.6. The summed E-state index contributed by atoms with van der Waals surface area (Å²) in [6.07, 6.45) is 0.589. The molecule has 14 heteroatoms. The Balaban J connectivity index is 2.13. The Morgan fingerprint density at radius 1 is 0.750 bits per heavy atom. The second-order valence-electron chi connectivity index (χ2n) is 9.35. The number of carbonyl (C=O) groups is 4. The molecule has 0 spiro atoms. The molecule has 0 saturated carbocycles. The van der Waals surface area contributed by atoms with E-state index in [-0.39, 0.29) is 56.9 Å². The molecule has 0 aromatic rings. The van der Waals surface area contributed by atoms with Crippen molar-refractivity contribution in [3.63, 3.8) is 0 Å². The van der Waals surface area contributed by atoms with Crippen LogP contribution in [-0.4, -0.2) is 116 Å². The molecule has 2 saturated heterocycles. The minimum atomic E-state index is -0.939. The Hall–Kier alpha value is -2.36. The lowest BCUT2D eigenvalue weighted by atomic mass is 10.1. The van der Waals surface area contributed by atoms with Crippen molar-refractivity contribution in [3.8, 4) is 0 Å². The molecule has 36 heavy (non-hydrogen) atoms. The van der Waals surface area contributed by atoms with Crippen LogP contribution in [0.15, 0.2) is 0 Å². The van der Waals surface area contributed by atoms with Gasteiger partial charge in [-0.1, -0.05) is 0 Å². The molecule has 2 bridgehead atoms. The highest BCUT2D eigenvalue weighted by Crippen LogP contribution is 2.13. The lowest BCUT2D eigenvalue weighted by molar-refractivity contribution is -0.138. The number of hydrogen-bond acceptors (Lipinski definition) is 10. The number of hydrogen-bond donors (Lipinski definition) is 9. The number of fused-ring (bicyclic) bond motifs is 4. The van der Waals surface area contributed by atoms with Gasteiger partial charge in [-0.15, -0.1) is 0 Å². The van der Waals surface area contributed by atoms with Gasteiger partial charge in [0.15, 0.2) is 0 Å². The Labute approximate surface area is 211 Å². The van der Waals surface area contributed by atoms with E-state index in [1.807, 2.05) is 0 Å². The Morgan fingerprint density at radius 3 is 1.86 bits per heavy atom.